The number of carbonyl (C=O) groups is 1. The minimum Gasteiger partial charge on any atom is -0.489 e. The van der Waals surface area contributed by atoms with Crippen LogP contribution < -0.4 is 15.4 Å². The Morgan fingerprint density at radius 3 is 2.43 bits per heavy atom. The molecule has 1 heterocycles. The number of aromatic nitrogens is 2. The smallest absolute Gasteiger partial charge is 0.271 e. The summed E-state index contributed by atoms with van der Waals surface area (Å²) in [6.45, 7) is 7.73. The van der Waals surface area contributed by atoms with Crippen LogP contribution in [0.4, 0.5) is 11.5 Å². The van der Waals surface area contributed by atoms with E-state index in [0.29, 0.717) is 5.82 Å². The number of ether oxygens (including phenoxy) is 1. The van der Waals surface area contributed by atoms with Crippen molar-refractivity contribution in [1.82, 2.24) is 15.3 Å². The fraction of sp³-hybridized carbons (Fsp3) is 0.353. The summed E-state index contributed by atoms with van der Waals surface area (Å²) in [5, 5.41) is 5.93. The van der Waals surface area contributed by atoms with E-state index in [1.807, 2.05) is 52.0 Å². The summed E-state index contributed by atoms with van der Waals surface area (Å²) in [5.74, 6) is 1.06. The van der Waals surface area contributed by atoms with Gasteiger partial charge in [-0.15, -0.1) is 0 Å². The maximum atomic E-state index is 11.8. The zero-order valence-electron chi connectivity index (χ0n) is 13.8. The molecule has 2 N–H and O–H groups in total. The lowest BCUT2D eigenvalue weighted by molar-refractivity contribution is 0.0937. The number of hydrogen-bond acceptors (Lipinski definition) is 5. The molecule has 1 aromatic heterocycles. The first-order valence-electron chi connectivity index (χ1n) is 7.61. The summed E-state index contributed by atoms with van der Waals surface area (Å²) in [5.41, 5.74) is 1.09. The van der Waals surface area contributed by atoms with Gasteiger partial charge in [-0.05, 0) is 39.8 Å². The Kier molecular flexibility index (Phi) is 5.51. The van der Waals surface area contributed by atoms with Crippen molar-refractivity contribution >= 4 is 17.4 Å². The van der Waals surface area contributed by atoms with Crippen LogP contribution in [0.25, 0.3) is 0 Å². The van der Waals surface area contributed by atoms with Crippen molar-refractivity contribution in [3.63, 3.8) is 0 Å². The van der Waals surface area contributed by atoms with E-state index in [2.05, 4.69) is 20.6 Å². The molecule has 2 rings (SSSR count). The maximum absolute atomic E-state index is 11.8. The van der Waals surface area contributed by atoms with Gasteiger partial charge in [-0.1, -0.05) is 12.1 Å². The van der Waals surface area contributed by atoms with Gasteiger partial charge in [0.25, 0.3) is 5.91 Å². The van der Waals surface area contributed by atoms with Gasteiger partial charge < -0.3 is 15.4 Å². The highest BCUT2D eigenvalue weighted by molar-refractivity contribution is 5.92. The number of anilines is 2. The average Bonchev–Trinajstić information content (AvgIpc) is 2.49. The lowest BCUT2D eigenvalue weighted by Crippen LogP contribution is -2.30. The van der Waals surface area contributed by atoms with Gasteiger partial charge in [-0.3, -0.25) is 4.79 Å². The van der Waals surface area contributed by atoms with Gasteiger partial charge >= 0.3 is 0 Å². The molecule has 0 aliphatic heterocycles. The molecule has 2 aromatic rings. The molecule has 1 aromatic carbocycles. The zero-order valence-corrected chi connectivity index (χ0v) is 13.8. The fourth-order valence-corrected chi connectivity index (χ4v) is 1.91. The molecular formula is C17H22N4O2. The highest BCUT2D eigenvalue weighted by atomic mass is 16.5. The normalized spacial score (nSPS) is 10.7. The molecule has 0 saturated heterocycles. The van der Waals surface area contributed by atoms with Crippen LogP contribution >= 0.6 is 0 Å². The van der Waals surface area contributed by atoms with Crippen molar-refractivity contribution in [2.75, 3.05) is 5.32 Å². The van der Waals surface area contributed by atoms with Gasteiger partial charge in [-0.2, -0.15) is 0 Å². The lowest BCUT2D eigenvalue weighted by Gasteiger charge is -2.15. The first-order chi connectivity index (χ1) is 11.0. The van der Waals surface area contributed by atoms with Crippen molar-refractivity contribution in [3.8, 4) is 5.75 Å². The SMILES string of the molecule is CC(C)NC(=O)c1cnc(Nc2ccccc2OC(C)C)cn1. The summed E-state index contributed by atoms with van der Waals surface area (Å²) in [7, 11) is 0. The summed E-state index contributed by atoms with van der Waals surface area (Å²) < 4.78 is 5.75. The topological polar surface area (TPSA) is 76.1 Å². The van der Waals surface area contributed by atoms with Crippen molar-refractivity contribution in [2.45, 2.75) is 39.8 Å². The van der Waals surface area contributed by atoms with Gasteiger partial charge in [-0.25, -0.2) is 9.97 Å². The second kappa shape index (κ2) is 7.58. The van der Waals surface area contributed by atoms with E-state index in [1.165, 1.54) is 12.4 Å². The number of para-hydroxylation sites is 2. The first kappa shape index (κ1) is 16.7. The van der Waals surface area contributed by atoms with E-state index in [9.17, 15) is 4.79 Å². The number of nitrogens with zero attached hydrogens (tertiary/aromatic N) is 2. The standard InChI is InChI=1S/C17H22N4O2/c1-11(2)20-17(22)14-9-19-16(10-18-14)21-13-7-5-6-8-15(13)23-12(3)4/h5-12H,1-4H3,(H,19,21)(H,20,22). The largest absolute Gasteiger partial charge is 0.489 e. The monoisotopic (exact) mass is 314 g/mol. The minimum atomic E-state index is -0.234. The van der Waals surface area contributed by atoms with Crippen molar-refractivity contribution in [1.29, 1.82) is 0 Å². The van der Waals surface area contributed by atoms with Gasteiger partial charge in [0.15, 0.2) is 0 Å². The van der Waals surface area contributed by atoms with E-state index < -0.39 is 0 Å². The molecule has 6 nitrogen and oxygen atoms in total. The van der Waals surface area contributed by atoms with Crippen molar-refractivity contribution in [3.05, 3.63) is 42.4 Å². The van der Waals surface area contributed by atoms with Crippen LogP contribution in [0, 0.1) is 0 Å². The van der Waals surface area contributed by atoms with Crippen LogP contribution in [0.3, 0.4) is 0 Å². The molecule has 122 valence electrons. The molecule has 0 unspecified atom stereocenters. The number of benzene rings is 1. The summed E-state index contributed by atoms with van der Waals surface area (Å²) in [6, 6.07) is 7.67. The van der Waals surface area contributed by atoms with Crippen molar-refractivity contribution < 1.29 is 9.53 Å². The van der Waals surface area contributed by atoms with E-state index in [4.69, 9.17) is 4.74 Å². The van der Waals surface area contributed by atoms with Crippen LogP contribution in [0.5, 0.6) is 5.75 Å². The van der Waals surface area contributed by atoms with E-state index >= 15 is 0 Å². The number of rotatable bonds is 6. The van der Waals surface area contributed by atoms with Crippen LogP contribution in [-0.4, -0.2) is 28.0 Å². The maximum Gasteiger partial charge on any atom is 0.271 e. The predicted molar refractivity (Wildman–Crippen MR) is 90.1 cm³/mol. The molecule has 0 saturated carbocycles. The first-order valence-corrected chi connectivity index (χ1v) is 7.61. The predicted octanol–water partition coefficient (Wildman–Crippen LogP) is 3.15. The molecular weight excluding hydrogens is 292 g/mol. The molecule has 1 amide bonds. The average molecular weight is 314 g/mol. The Labute approximate surface area is 136 Å². The number of hydrogen-bond donors (Lipinski definition) is 2. The third-order valence-electron chi connectivity index (χ3n) is 2.82. The molecule has 0 spiro atoms. The van der Waals surface area contributed by atoms with Gasteiger partial charge in [0.2, 0.25) is 0 Å². The Bertz CT molecular complexity index is 654. The molecule has 6 heteroatoms. The number of carbonyl (C=O) groups excluding carboxylic acids is 1. The summed E-state index contributed by atoms with van der Waals surface area (Å²) in [4.78, 5) is 20.2. The zero-order chi connectivity index (χ0) is 16.8. The molecule has 0 aliphatic carbocycles. The molecule has 0 radical (unpaired) electrons. The van der Waals surface area contributed by atoms with Gasteiger partial charge in [0.05, 0.1) is 24.2 Å². The highest BCUT2D eigenvalue weighted by Gasteiger charge is 2.10. The molecule has 0 aliphatic rings. The highest BCUT2D eigenvalue weighted by Crippen LogP contribution is 2.27. The summed E-state index contributed by atoms with van der Waals surface area (Å²) >= 11 is 0. The van der Waals surface area contributed by atoms with E-state index in [0.717, 1.165) is 11.4 Å². The molecule has 23 heavy (non-hydrogen) atoms. The van der Waals surface area contributed by atoms with Crippen LogP contribution in [0.2, 0.25) is 0 Å². The quantitative estimate of drug-likeness (QED) is 0.856. The lowest BCUT2D eigenvalue weighted by atomic mass is 10.3. The Balaban J connectivity index is 2.11. The molecule has 0 fully saturated rings. The second-order valence-electron chi connectivity index (χ2n) is 5.70. The number of nitrogens with one attached hydrogen (secondary N) is 2. The van der Waals surface area contributed by atoms with Crippen LogP contribution in [-0.2, 0) is 0 Å². The molecule has 0 atom stereocenters. The van der Waals surface area contributed by atoms with Gasteiger partial charge in [0.1, 0.15) is 17.3 Å². The second-order valence-corrected chi connectivity index (χ2v) is 5.70. The van der Waals surface area contributed by atoms with E-state index in [1.54, 1.807) is 0 Å². The van der Waals surface area contributed by atoms with Gasteiger partial charge in [0, 0.05) is 6.04 Å². The third kappa shape index (κ3) is 4.95. The van der Waals surface area contributed by atoms with E-state index in [-0.39, 0.29) is 23.7 Å². The molecule has 0 bridgehead atoms. The third-order valence-corrected chi connectivity index (χ3v) is 2.82. The van der Waals surface area contributed by atoms with Crippen LogP contribution in [0.15, 0.2) is 36.7 Å². The van der Waals surface area contributed by atoms with Crippen LogP contribution in [0.1, 0.15) is 38.2 Å². The van der Waals surface area contributed by atoms with Crippen molar-refractivity contribution in [2.24, 2.45) is 0 Å². The summed E-state index contributed by atoms with van der Waals surface area (Å²) in [6.07, 6.45) is 3.05. The Morgan fingerprint density at radius 1 is 1.09 bits per heavy atom. The Hall–Kier alpha value is -2.63. The fourth-order valence-electron chi connectivity index (χ4n) is 1.91. The number of amides is 1. The minimum absolute atomic E-state index is 0.0576. The Morgan fingerprint density at radius 2 is 1.83 bits per heavy atom.